The molecule has 0 fully saturated rings. The van der Waals surface area contributed by atoms with E-state index in [1.807, 2.05) is 19.3 Å². The van der Waals surface area contributed by atoms with Crippen molar-refractivity contribution in [3.05, 3.63) is 12.3 Å². The van der Waals surface area contributed by atoms with Crippen molar-refractivity contribution in [3.63, 3.8) is 0 Å². The van der Waals surface area contributed by atoms with Crippen molar-refractivity contribution >= 4 is 5.82 Å². The van der Waals surface area contributed by atoms with E-state index in [0.29, 0.717) is 6.04 Å². The Kier molecular flexibility index (Phi) is 4.46. The molecule has 0 saturated carbocycles. The highest BCUT2D eigenvalue weighted by Crippen LogP contribution is 2.01. The van der Waals surface area contributed by atoms with Crippen LogP contribution in [-0.4, -0.2) is 28.9 Å². The summed E-state index contributed by atoms with van der Waals surface area (Å²) in [6.07, 6.45) is 3.06. The van der Waals surface area contributed by atoms with Crippen LogP contribution in [0, 0.1) is 0 Å². The third-order valence-corrected chi connectivity index (χ3v) is 2.15. The lowest BCUT2D eigenvalue weighted by Gasteiger charge is -2.11. The molecular weight excluding hydrogens is 176 g/mol. The summed E-state index contributed by atoms with van der Waals surface area (Å²) < 4.78 is 1.80. The molecule has 1 aromatic heterocycles. The van der Waals surface area contributed by atoms with Crippen molar-refractivity contribution in [2.75, 3.05) is 18.4 Å². The van der Waals surface area contributed by atoms with Gasteiger partial charge in [-0.25, -0.2) is 0 Å². The van der Waals surface area contributed by atoms with Gasteiger partial charge in [0.15, 0.2) is 0 Å². The molecule has 1 aromatic rings. The summed E-state index contributed by atoms with van der Waals surface area (Å²) in [6, 6.07) is 2.55. The van der Waals surface area contributed by atoms with E-state index < -0.39 is 0 Å². The maximum absolute atomic E-state index is 4.24. The van der Waals surface area contributed by atoms with Gasteiger partial charge in [-0.2, -0.15) is 5.10 Å². The van der Waals surface area contributed by atoms with Crippen LogP contribution in [0.25, 0.3) is 0 Å². The Balaban J connectivity index is 2.15. The van der Waals surface area contributed by atoms with Gasteiger partial charge in [0.05, 0.1) is 0 Å². The maximum Gasteiger partial charge on any atom is 0.147 e. The average molecular weight is 196 g/mol. The van der Waals surface area contributed by atoms with Crippen molar-refractivity contribution in [3.8, 4) is 0 Å². The molecule has 0 aliphatic carbocycles. The molecule has 0 aliphatic rings. The quantitative estimate of drug-likeness (QED) is 0.719. The summed E-state index contributed by atoms with van der Waals surface area (Å²) in [5.41, 5.74) is 0. The van der Waals surface area contributed by atoms with Gasteiger partial charge < -0.3 is 10.6 Å². The number of rotatable bonds is 6. The van der Waals surface area contributed by atoms with E-state index in [4.69, 9.17) is 0 Å². The first-order chi connectivity index (χ1) is 6.72. The van der Waals surface area contributed by atoms with Crippen LogP contribution in [0.5, 0.6) is 0 Å². The smallest absolute Gasteiger partial charge is 0.147 e. The normalized spacial score (nSPS) is 12.8. The Hall–Kier alpha value is -1.03. The highest BCUT2D eigenvalue weighted by molar-refractivity contribution is 5.31. The van der Waals surface area contributed by atoms with E-state index in [1.165, 1.54) is 0 Å². The van der Waals surface area contributed by atoms with Gasteiger partial charge in [-0.1, -0.05) is 6.92 Å². The standard InChI is InChI=1S/C10H20N4/c1-4-11-9(2)5-7-12-10-6-8-14(3)13-10/h6,8-9,11H,4-5,7H2,1-3H3,(H,12,13). The van der Waals surface area contributed by atoms with E-state index in [2.05, 4.69) is 29.6 Å². The molecule has 0 aliphatic heterocycles. The van der Waals surface area contributed by atoms with Gasteiger partial charge in [-0.3, -0.25) is 4.68 Å². The molecule has 2 N–H and O–H groups in total. The highest BCUT2D eigenvalue weighted by Gasteiger charge is 1.99. The van der Waals surface area contributed by atoms with Gasteiger partial charge in [0.25, 0.3) is 0 Å². The van der Waals surface area contributed by atoms with Crippen LogP contribution in [0.2, 0.25) is 0 Å². The predicted molar refractivity (Wildman–Crippen MR) is 59.5 cm³/mol. The number of hydrogen-bond acceptors (Lipinski definition) is 3. The highest BCUT2D eigenvalue weighted by atomic mass is 15.3. The Morgan fingerprint density at radius 2 is 2.36 bits per heavy atom. The van der Waals surface area contributed by atoms with E-state index in [9.17, 15) is 0 Å². The predicted octanol–water partition coefficient (Wildman–Crippen LogP) is 1.22. The fourth-order valence-corrected chi connectivity index (χ4v) is 1.38. The van der Waals surface area contributed by atoms with Crippen molar-refractivity contribution in [1.29, 1.82) is 0 Å². The minimum absolute atomic E-state index is 0.566. The molecule has 14 heavy (non-hydrogen) atoms. The molecule has 0 saturated heterocycles. The van der Waals surface area contributed by atoms with Gasteiger partial charge >= 0.3 is 0 Å². The Bertz CT molecular complexity index is 256. The number of nitrogens with one attached hydrogen (secondary N) is 2. The largest absolute Gasteiger partial charge is 0.369 e. The summed E-state index contributed by atoms with van der Waals surface area (Å²) in [4.78, 5) is 0. The first kappa shape index (κ1) is 11.0. The maximum atomic E-state index is 4.24. The third-order valence-electron chi connectivity index (χ3n) is 2.15. The molecule has 0 aromatic carbocycles. The Morgan fingerprint density at radius 3 is 2.93 bits per heavy atom. The molecule has 1 atom stereocenters. The molecular formula is C10H20N4. The van der Waals surface area contributed by atoms with Gasteiger partial charge in [0, 0.05) is 31.9 Å². The van der Waals surface area contributed by atoms with Gasteiger partial charge in [0.2, 0.25) is 0 Å². The molecule has 0 spiro atoms. The topological polar surface area (TPSA) is 41.9 Å². The fraction of sp³-hybridized carbons (Fsp3) is 0.700. The number of aromatic nitrogens is 2. The third kappa shape index (κ3) is 3.79. The number of aryl methyl sites for hydroxylation is 1. The van der Waals surface area contributed by atoms with E-state index in [1.54, 1.807) is 4.68 Å². The molecule has 1 unspecified atom stereocenters. The van der Waals surface area contributed by atoms with Crippen LogP contribution in [-0.2, 0) is 7.05 Å². The van der Waals surface area contributed by atoms with Crippen molar-refractivity contribution in [2.24, 2.45) is 7.05 Å². The summed E-state index contributed by atoms with van der Waals surface area (Å²) in [5.74, 6) is 0.955. The number of anilines is 1. The molecule has 80 valence electrons. The summed E-state index contributed by atoms with van der Waals surface area (Å²) >= 11 is 0. The SMILES string of the molecule is CCNC(C)CCNc1ccn(C)n1. The molecule has 0 amide bonds. The monoisotopic (exact) mass is 196 g/mol. The van der Waals surface area contributed by atoms with Gasteiger partial charge in [-0.05, 0) is 19.9 Å². The second kappa shape index (κ2) is 5.65. The second-order valence-electron chi connectivity index (χ2n) is 3.55. The van der Waals surface area contributed by atoms with E-state index in [0.717, 1.165) is 25.3 Å². The zero-order chi connectivity index (χ0) is 10.4. The van der Waals surface area contributed by atoms with E-state index >= 15 is 0 Å². The Labute approximate surface area is 85.7 Å². The van der Waals surface area contributed by atoms with Crippen LogP contribution in [0.1, 0.15) is 20.3 Å². The van der Waals surface area contributed by atoms with Crippen molar-refractivity contribution < 1.29 is 0 Å². The fourth-order valence-electron chi connectivity index (χ4n) is 1.38. The van der Waals surface area contributed by atoms with Crippen molar-refractivity contribution in [2.45, 2.75) is 26.3 Å². The van der Waals surface area contributed by atoms with E-state index in [-0.39, 0.29) is 0 Å². The average Bonchev–Trinajstić information content (AvgIpc) is 2.52. The lowest BCUT2D eigenvalue weighted by molar-refractivity contribution is 0.542. The lowest BCUT2D eigenvalue weighted by atomic mass is 10.2. The molecule has 0 radical (unpaired) electrons. The Morgan fingerprint density at radius 1 is 1.57 bits per heavy atom. The second-order valence-corrected chi connectivity index (χ2v) is 3.55. The minimum atomic E-state index is 0.566. The van der Waals surface area contributed by atoms with Gasteiger partial charge in [-0.15, -0.1) is 0 Å². The molecule has 4 heteroatoms. The van der Waals surface area contributed by atoms with Crippen LogP contribution >= 0.6 is 0 Å². The molecule has 1 rings (SSSR count). The lowest BCUT2D eigenvalue weighted by Crippen LogP contribution is -2.27. The zero-order valence-electron chi connectivity index (χ0n) is 9.25. The van der Waals surface area contributed by atoms with Crippen LogP contribution in [0.4, 0.5) is 5.82 Å². The molecule has 0 bridgehead atoms. The van der Waals surface area contributed by atoms with Crippen LogP contribution < -0.4 is 10.6 Å². The number of hydrogen-bond donors (Lipinski definition) is 2. The zero-order valence-corrected chi connectivity index (χ0v) is 9.25. The first-order valence-electron chi connectivity index (χ1n) is 5.19. The summed E-state index contributed by atoms with van der Waals surface area (Å²) in [6.45, 7) is 6.32. The summed E-state index contributed by atoms with van der Waals surface area (Å²) in [5, 5.41) is 10.9. The van der Waals surface area contributed by atoms with Crippen LogP contribution in [0.15, 0.2) is 12.3 Å². The number of nitrogens with zero attached hydrogens (tertiary/aromatic N) is 2. The first-order valence-corrected chi connectivity index (χ1v) is 5.19. The van der Waals surface area contributed by atoms with Crippen molar-refractivity contribution in [1.82, 2.24) is 15.1 Å². The molecule has 1 heterocycles. The van der Waals surface area contributed by atoms with Crippen LogP contribution in [0.3, 0.4) is 0 Å². The van der Waals surface area contributed by atoms with Gasteiger partial charge in [0.1, 0.15) is 5.82 Å². The molecule has 4 nitrogen and oxygen atoms in total. The summed E-state index contributed by atoms with van der Waals surface area (Å²) in [7, 11) is 1.92. The minimum Gasteiger partial charge on any atom is -0.369 e.